The number of hydrogen-bond donors (Lipinski definition) is 2. The number of benzene rings is 1. The third-order valence-electron chi connectivity index (χ3n) is 6.97. The van der Waals surface area contributed by atoms with Gasteiger partial charge in [-0.05, 0) is 72.8 Å². The van der Waals surface area contributed by atoms with Crippen LogP contribution in [0.5, 0.6) is 5.75 Å². The fraction of sp³-hybridized carbons (Fsp3) is 0.684. The monoisotopic (exact) mass is 286 g/mol. The molecule has 2 fully saturated rings. The lowest BCUT2D eigenvalue weighted by atomic mass is 9.52. The molecule has 6 atom stereocenters. The Balaban J connectivity index is 1.80. The standard InChI is InChI=1S/C19H26O2/c1-11-10-19(2)14(8-9-16(19)21)13-7-6-12-4-3-5-15(20)18(12)17(11)13/h3-5,11,13-14,16-17,20-21H,6-10H2,1-2H3/t11-,13-,14+,16+,17+,19+/m1/s1. The number of rotatable bonds is 0. The highest BCUT2D eigenvalue weighted by molar-refractivity contribution is 5.45. The number of aliphatic hydroxyl groups is 1. The summed E-state index contributed by atoms with van der Waals surface area (Å²) in [5.41, 5.74) is 2.68. The number of hydrogen-bond acceptors (Lipinski definition) is 2. The number of phenolic OH excluding ortho intramolecular Hbond substituents is 1. The second-order valence-electron chi connectivity index (χ2n) is 7.97. The maximum Gasteiger partial charge on any atom is 0.119 e. The number of aromatic hydroxyl groups is 1. The maximum absolute atomic E-state index is 10.5. The molecule has 2 nitrogen and oxygen atoms in total. The zero-order chi connectivity index (χ0) is 14.8. The molecular formula is C19H26O2. The molecule has 114 valence electrons. The molecule has 0 spiro atoms. The van der Waals surface area contributed by atoms with E-state index in [-0.39, 0.29) is 11.5 Å². The lowest BCUT2D eigenvalue weighted by Gasteiger charge is -2.53. The smallest absolute Gasteiger partial charge is 0.119 e. The normalized spacial score (nSPS) is 44.8. The Morgan fingerprint density at radius 3 is 2.81 bits per heavy atom. The number of fused-ring (bicyclic) bond motifs is 5. The lowest BCUT2D eigenvalue weighted by Crippen LogP contribution is -2.47. The Morgan fingerprint density at radius 2 is 2.00 bits per heavy atom. The Kier molecular flexibility index (Phi) is 2.91. The molecule has 0 saturated heterocycles. The van der Waals surface area contributed by atoms with Crippen LogP contribution < -0.4 is 0 Å². The molecule has 1 aromatic rings. The summed E-state index contributed by atoms with van der Waals surface area (Å²) >= 11 is 0. The summed E-state index contributed by atoms with van der Waals surface area (Å²) in [6.45, 7) is 4.63. The van der Waals surface area contributed by atoms with Crippen molar-refractivity contribution in [1.82, 2.24) is 0 Å². The van der Waals surface area contributed by atoms with Gasteiger partial charge in [-0.25, -0.2) is 0 Å². The molecule has 3 aliphatic carbocycles. The van der Waals surface area contributed by atoms with Crippen LogP contribution >= 0.6 is 0 Å². The van der Waals surface area contributed by atoms with Crippen molar-refractivity contribution in [1.29, 1.82) is 0 Å². The minimum absolute atomic E-state index is 0.0997. The molecule has 2 heteroatoms. The van der Waals surface area contributed by atoms with Gasteiger partial charge in [0.25, 0.3) is 0 Å². The summed E-state index contributed by atoms with van der Waals surface area (Å²) in [7, 11) is 0. The molecule has 0 aromatic heterocycles. The Morgan fingerprint density at radius 1 is 1.19 bits per heavy atom. The SMILES string of the molecule is C[C@@H]1C[C@]2(C)[C@@H](O)CC[C@H]2[C@H]2CCc3cccc(O)c3[C@H]21. The van der Waals surface area contributed by atoms with E-state index in [0.29, 0.717) is 29.4 Å². The van der Waals surface area contributed by atoms with Gasteiger partial charge in [0.05, 0.1) is 6.10 Å². The van der Waals surface area contributed by atoms with E-state index in [0.717, 1.165) is 25.7 Å². The topological polar surface area (TPSA) is 40.5 Å². The molecule has 2 saturated carbocycles. The zero-order valence-electron chi connectivity index (χ0n) is 13.0. The third kappa shape index (κ3) is 1.75. The van der Waals surface area contributed by atoms with E-state index in [4.69, 9.17) is 0 Å². The van der Waals surface area contributed by atoms with E-state index in [2.05, 4.69) is 19.9 Å². The van der Waals surface area contributed by atoms with Crippen molar-refractivity contribution in [3.8, 4) is 5.75 Å². The third-order valence-corrected chi connectivity index (χ3v) is 6.97. The largest absolute Gasteiger partial charge is 0.508 e. The van der Waals surface area contributed by atoms with Crippen LogP contribution in [-0.4, -0.2) is 16.3 Å². The van der Waals surface area contributed by atoms with Crippen LogP contribution in [0.25, 0.3) is 0 Å². The van der Waals surface area contributed by atoms with Crippen molar-refractivity contribution >= 4 is 0 Å². The average molecular weight is 286 g/mol. The molecule has 3 aliphatic rings. The Bertz CT molecular complexity index is 567. The second-order valence-corrected chi connectivity index (χ2v) is 7.97. The first-order chi connectivity index (χ1) is 10.0. The summed E-state index contributed by atoms with van der Waals surface area (Å²) in [6.07, 6.45) is 5.39. The molecule has 0 amide bonds. The van der Waals surface area contributed by atoms with E-state index in [1.54, 1.807) is 0 Å². The van der Waals surface area contributed by atoms with Crippen LogP contribution in [0.4, 0.5) is 0 Å². The molecule has 4 rings (SSSR count). The molecule has 1 aromatic carbocycles. The molecule has 0 aliphatic heterocycles. The summed E-state index contributed by atoms with van der Waals surface area (Å²) in [4.78, 5) is 0. The van der Waals surface area contributed by atoms with Gasteiger partial charge in [0.15, 0.2) is 0 Å². The number of aryl methyl sites for hydroxylation is 1. The van der Waals surface area contributed by atoms with Crippen LogP contribution in [0.3, 0.4) is 0 Å². The van der Waals surface area contributed by atoms with Crippen molar-refractivity contribution in [2.75, 3.05) is 0 Å². The molecule has 0 radical (unpaired) electrons. The van der Waals surface area contributed by atoms with Gasteiger partial charge in [0.1, 0.15) is 5.75 Å². The van der Waals surface area contributed by atoms with Crippen molar-refractivity contribution in [2.45, 2.75) is 58.0 Å². The van der Waals surface area contributed by atoms with Crippen LogP contribution in [0, 0.1) is 23.2 Å². The fourth-order valence-electron chi connectivity index (χ4n) is 6.13. The number of phenols is 1. The number of aliphatic hydroxyl groups excluding tert-OH is 1. The van der Waals surface area contributed by atoms with Crippen molar-refractivity contribution < 1.29 is 10.2 Å². The average Bonchev–Trinajstić information content (AvgIpc) is 2.74. The molecule has 2 N–H and O–H groups in total. The molecular weight excluding hydrogens is 260 g/mol. The second kappa shape index (κ2) is 4.49. The van der Waals surface area contributed by atoms with E-state index < -0.39 is 0 Å². The first-order valence-corrected chi connectivity index (χ1v) is 8.51. The fourth-order valence-corrected chi connectivity index (χ4v) is 6.13. The molecule has 0 bridgehead atoms. The van der Waals surface area contributed by atoms with Gasteiger partial charge in [-0.2, -0.15) is 0 Å². The van der Waals surface area contributed by atoms with E-state index >= 15 is 0 Å². The van der Waals surface area contributed by atoms with Crippen LogP contribution in [-0.2, 0) is 6.42 Å². The van der Waals surface area contributed by atoms with E-state index in [1.165, 1.54) is 17.5 Å². The first-order valence-electron chi connectivity index (χ1n) is 8.51. The van der Waals surface area contributed by atoms with Crippen molar-refractivity contribution in [2.24, 2.45) is 23.2 Å². The first kappa shape index (κ1) is 13.6. The van der Waals surface area contributed by atoms with Crippen molar-refractivity contribution in [3.05, 3.63) is 29.3 Å². The van der Waals surface area contributed by atoms with Gasteiger partial charge in [-0.1, -0.05) is 26.0 Å². The highest BCUT2D eigenvalue weighted by atomic mass is 16.3. The van der Waals surface area contributed by atoms with Gasteiger partial charge in [-0.3, -0.25) is 0 Å². The van der Waals surface area contributed by atoms with Gasteiger partial charge in [0, 0.05) is 5.56 Å². The molecule has 21 heavy (non-hydrogen) atoms. The molecule has 0 heterocycles. The summed E-state index contributed by atoms with van der Waals surface area (Å²) in [5.74, 6) is 2.78. The van der Waals surface area contributed by atoms with Crippen LogP contribution in [0.1, 0.15) is 56.6 Å². The maximum atomic E-state index is 10.5. The van der Waals surface area contributed by atoms with Gasteiger partial charge < -0.3 is 10.2 Å². The van der Waals surface area contributed by atoms with E-state index in [9.17, 15) is 10.2 Å². The van der Waals surface area contributed by atoms with Gasteiger partial charge >= 0.3 is 0 Å². The van der Waals surface area contributed by atoms with Gasteiger partial charge in [-0.15, -0.1) is 0 Å². The van der Waals surface area contributed by atoms with Gasteiger partial charge in [0.2, 0.25) is 0 Å². The highest BCUT2D eigenvalue weighted by Gasteiger charge is 2.56. The minimum Gasteiger partial charge on any atom is -0.508 e. The van der Waals surface area contributed by atoms with Crippen LogP contribution in [0.15, 0.2) is 18.2 Å². The van der Waals surface area contributed by atoms with Crippen molar-refractivity contribution in [3.63, 3.8) is 0 Å². The van der Waals surface area contributed by atoms with Crippen LogP contribution in [0.2, 0.25) is 0 Å². The Hall–Kier alpha value is -1.02. The summed E-state index contributed by atoms with van der Waals surface area (Å²) < 4.78 is 0. The quantitative estimate of drug-likeness (QED) is 0.760. The predicted octanol–water partition coefficient (Wildman–Crippen LogP) is 3.86. The predicted molar refractivity (Wildman–Crippen MR) is 83.3 cm³/mol. The Labute approximate surface area is 127 Å². The van der Waals surface area contributed by atoms with E-state index in [1.807, 2.05) is 12.1 Å². The lowest BCUT2D eigenvalue weighted by molar-refractivity contribution is -0.0445. The highest BCUT2D eigenvalue weighted by Crippen LogP contribution is 2.63. The molecule has 0 unspecified atom stereocenters. The summed E-state index contributed by atoms with van der Waals surface area (Å²) in [5, 5.41) is 20.9. The summed E-state index contributed by atoms with van der Waals surface area (Å²) in [6, 6.07) is 6.02. The zero-order valence-corrected chi connectivity index (χ0v) is 13.0. The minimum atomic E-state index is -0.128.